The first kappa shape index (κ1) is 36.2. The van der Waals surface area contributed by atoms with Gasteiger partial charge >= 0.3 is 0 Å². The van der Waals surface area contributed by atoms with Crippen LogP contribution in [0.25, 0.3) is 22.2 Å². The fraction of sp³-hybridized carbons (Fsp3) is 0.143. The highest BCUT2D eigenvalue weighted by Gasteiger charge is 2.22. The van der Waals surface area contributed by atoms with Gasteiger partial charge in [0.15, 0.2) is 42.8 Å². The minimum Gasteiger partial charge on any atom is -0.367 e. The van der Waals surface area contributed by atoms with Gasteiger partial charge in [0.1, 0.15) is 9.79 Å². The molecule has 0 saturated carbocycles. The molecule has 48 heavy (non-hydrogen) atoms. The molecule has 16 nitrogen and oxygen atoms in total. The molecule has 0 aliphatic carbocycles. The predicted molar refractivity (Wildman–Crippen MR) is 180 cm³/mol. The van der Waals surface area contributed by atoms with E-state index >= 15 is 0 Å². The quantitative estimate of drug-likeness (QED) is 0.0989. The number of anilines is 2. The van der Waals surface area contributed by atoms with E-state index in [1.165, 1.54) is 12.1 Å². The van der Waals surface area contributed by atoms with E-state index in [0.29, 0.717) is 5.56 Å². The summed E-state index contributed by atoms with van der Waals surface area (Å²) in [6, 6.07) is 14.0. The first-order chi connectivity index (χ1) is 22.4. The molecular weight excluding hydrogens is 709 g/mol. The Kier molecular flexibility index (Phi) is 10.8. The van der Waals surface area contributed by atoms with Crippen LogP contribution in [0.3, 0.4) is 0 Å². The lowest BCUT2D eigenvalue weighted by Gasteiger charge is -2.15. The van der Waals surface area contributed by atoms with E-state index in [4.69, 9.17) is 0 Å². The summed E-state index contributed by atoms with van der Waals surface area (Å²) in [6.45, 7) is 6.16. The summed E-state index contributed by atoms with van der Waals surface area (Å²) < 4.78 is 117. The van der Waals surface area contributed by atoms with E-state index in [1.807, 2.05) is 0 Å². The normalized spacial score (nSPS) is 12.6. The molecule has 0 saturated heterocycles. The van der Waals surface area contributed by atoms with Crippen LogP contribution in [0.2, 0.25) is 0 Å². The van der Waals surface area contributed by atoms with Crippen molar-refractivity contribution in [3.8, 4) is 11.4 Å². The molecule has 1 heterocycles. The number of azo groups is 1. The van der Waals surface area contributed by atoms with Crippen LogP contribution >= 0.6 is 0 Å². The Morgan fingerprint density at radius 1 is 0.667 bits per heavy atom. The number of nitrogens with one attached hydrogen (secondary N) is 2. The lowest BCUT2D eigenvalue weighted by Crippen LogP contribution is -2.17. The van der Waals surface area contributed by atoms with E-state index < -0.39 is 61.2 Å². The third-order valence-corrected chi connectivity index (χ3v) is 10.9. The number of aromatic nitrogens is 2. The number of hydrogen-bond acceptors (Lipinski definition) is 14. The van der Waals surface area contributed by atoms with Crippen molar-refractivity contribution in [2.75, 3.05) is 35.2 Å². The van der Waals surface area contributed by atoms with Gasteiger partial charge in [0.2, 0.25) is 0 Å². The fourth-order valence-corrected chi connectivity index (χ4v) is 6.75. The molecule has 3 aromatic carbocycles. The third-order valence-electron chi connectivity index (χ3n) is 6.51. The maximum atomic E-state index is 12.3. The van der Waals surface area contributed by atoms with Gasteiger partial charge < -0.3 is 10.6 Å². The van der Waals surface area contributed by atoms with Crippen LogP contribution in [0.1, 0.15) is 0 Å². The topological polar surface area (TPSA) is 252 Å². The van der Waals surface area contributed by atoms with Gasteiger partial charge in [-0.05, 0) is 18.2 Å². The van der Waals surface area contributed by atoms with Gasteiger partial charge in [-0.15, -0.1) is 5.11 Å². The second-order valence-electron chi connectivity index (χ2n) is 9.83. The lowest BCUT2D eigenvalue weighted by molar-refractivity contribution is 0.481. The van der Waals surface area contributed by atoms with E-state index in [2.05, 4.69) is 44.0 Å². The average molecular weight is 737 g/mol. The molecule has 0 unspecified atom stereocenters. The number of fused-ring (bicyclic) bond motifs is 1. The molecule has 0 amide bonds. The minimum atomic E-state index is -4.96. The van der Waals surface area contributed by atoms with Crippen molar-refractivity contribution in [2.24, 2.45) is 10.2 Å². The highest BCUT2D eigenvalue weighted by atomic mass is 32.2. The minimum absolute atomic E-state index is 0.0737. The van der Waals surface area contributed by atoms with Crippen LogP contribution in [-0.4, -0.2) is 77.3 Å². The average Bonchev–Trinajstić information content (AvgIpc) is 3.02. The molecule has 4 N–H and O–H groups in total. The van der Waals surface area contributed by atoms with E-state index in [1.54, 1.807) is 30.3 Å². The zero-order chi connectivity index (χ0) is 35.3. The first-order valence-corrected chi connectivity index (χ1v) is 19.8. The van der Waals surface area contributed by atoms with Crippen LogP contribution in [0.5, 0.6) is 0 Å². The molecule has 4 rings (SSSR count). The molecule has 0 radical (unpaired) electrons. The fourth-order valence-electron chi connectivity index (χ4n) is 4.22. The summed E-state index contributed by atoms with van der Waals surface area (Å²) in [5, 5.41) is 14.9. The second kappa shape index (κ2) is 14.3. The maximum Gasteiger partial charge on any atom is 0.295 e. The Labute approximate surface area is 276 Å². The number of nitrogens with zero attached hydrogens (tertiary/aromatic N) is 4. The van der Waals surface area contributed by atoms with Crippen molar-refractivity contribution in [1.82, 2.24) is 9.97 Å². The van der Waals surface area contributed by atoms with Crippen LogP contribution in [0.15, 0.2) is 105 Å². The standard InChI is InChI=1S/C28H28N6O10S4/c1-3-45(35,36)15-13-29-27-25(28(30-14-16-46(37,38)4-2)32-26(31-27)19-9-6-5-7-10-19)34-33-20-17-22-21(24(18-20)48(42,43)44)11-8-12-23(22)47(39,40)41/h3-12,17-18H,1-2,13-16H2,(H,39,40,41)(H,42,43,44)(H2,29,30,31,32). The lowest BCUT2D eigenvalue weighted by atomic mass is 10.1. The highest BCUT2D eigenvalue weighted by molar-refractivity contribution is 7.94. The van der Waals surface area contributed by atoms with Crippen molar-refractivity contribution in [2.45, 2.75) is 9.79 Å². The van der Waals surface area contributed by atoms with Crippen molar-refractivity contribution >= 4 is 73.7 Å². The summed E-state index contributed by atoms with van der Waals surface area (Å²) in [5.41, 5.74) is 0.0339. The molecule has 4 aromatic rings. The Hall–Kier alpha value is -4.60. The molecule has 20 heteroatoms. The van der Waals surface area contributed by atoms with Crippen molar-refractivity contribution in [3.63, 3.8) is 0 Å². The zero-order valence-corrected chi connectivity index (χ0v) is 28.0. The summed E-state index contributed by atoms with van der Waals surface area (Å²) in [4.78, 5) is 7.52. The highest BCUT2D eigenvalue weighted by Crippen LogP contribution is 2.37. The van der Waals surface area contributed by atoms with Crippen molar-refractivity contribution in [3.05, 3.63) is 84.6 Å². The van der Waals surface area contributed by atoms with Crippen LogP contribution in [-0.2, 0) is 39.9 Å². The van der Waals surface area contributed by atoms with E-state index in [0.717, 1.165) is 29.0 Å². The third kappa shape index (κ3) is 9.05. The Morgan fingerprint density at radius 2 is 1.21 bits per heavy atom. The molecule has 0 bridgehead atoms. The molecule has 0 aliphatic rings. The molecule has 0 atom stereocenters. The molecule has 254 valence electrons. The smallest absolute Gasteiger partial charge is 0.295 e. The van der Waals surface area contributed by atoms with E-state index in [-0.39, 0.29) is 52.7 Å². The Balaban J connectivity index is 1.94. The van der Waals surface area contributed by atoms with Gasteiger partial charge in [-0.1, -0.05) is 55.6 Å². The largest absolute Gasteiger partial charge is 0.367 e. The van der Waals surface area contributed by atoms with Gasteiger partial charge in [0.25, 0.3) is 20.2 Å². The SMILES string of the molecule is C=CS(=O)(=O)CCNc1nc(-c2ccccc2)nc(NCCS(=O)(=O)C=C)c1N=Nc1cc(S(=O)(=O)O)c2cccc(S(=O)(=O)O)c2c1. The van der Waals surface area contributed by atoms with Crippen molar-refractivity contribution in [1.29, 1.82) is 0 Å². The van der Waals surface area contributed by atoms with Gasteiger partial charge in [-0.25, -0.2) is 26.8 Å². The summed E-state index contributed by atoms with van der Waals surface area (Å²) in [6.07, 6.45) is 0. The van der Waals surface area contributed by atoms with Crippen molar-refractivity contribution < 1.29 is 42.8 Å². The van der Waals surface area contributed by atoms with Gasteiger partial charge in [-0.2, -0.15) is 21.9 Å². The van der Waals surface area contributed by atoms with Crippen LogP contribution in [0.4, 0.5) is 23.0 Å². The summed E-state index contributed by atoms with van der Waals surface area (Å²) in [7, 11) is -17.1. The Bertz CT molecular complexity index is 2300. The monoisotopic (exact) mass is 736 g/mol. The molecule has 0 aliphatic heterocycles. The number of rotatable bonds is 15. The number of benzene rings is 3. The van der Waals surface area contributed by atoms with Crippen LogP contribution < -0.4 is 10.6 Å². The maximum absolute atomic E-state index is 12.3. The van der Waals surface area contributed by atoms with Gasteiger partial charge in [-0.3, -0.25) is 9.11 Å². The second-order valence-corrected chi connectivity index (χ2v) is 16.7. The van der Waals surface area contributed by atoms with Crippen LogP contribution in [0, 0.1) is 0 Å². The molecule has 1 aromatic heterocycles. The summed E-state index contributed by atoms with van der Waals surface area (Å²) in [5.74, 6) is -0.835. The summed E-state index contributed by atoms with van der Waals surface area (Å²) >= 11 is 0. The number of hydrogen-bond donors (Lipinski definition) is 4. The first-order valence-electron chi connectivity index (χ1n) is 13.5. The Morgan fingerprint density at radius 3 is 1.71 bits per heavy atom. The zero-order valence-electron chi connectivity index (χ0n) is 24.8. The van der Waals surface area contributed by atoms with E-state index in [9.17, 15) is 42.8 Å². The number of sulfone groups is 2. The molecular formula is C28H28N6O10S4. The van der Waals surface area contributed by atoms with Gasteiger partial charge in [0, 0.05) is 40.2 Å². The van der Waals surface area contributed by atoms with Gasteiger partial charge in [0.05, 0.1) is 17.2 Å². The predicted octanol–water partition coefficient (Wildman–Crippen LogP) is 4.15. The molecule has 0 spiro atoms. The molecule has 0 fully saturated rings.